The maximum atomic E-state index is 12.1. The minimum atomic E-state index is -0.371. The molecule has 0 amide bonds. The number of nitrogens with zero attached hydrogens (tertiary/aromatic N) is 1. The molecule has 32 heavy (non-hydrogen) atoms. The number of aromatic nitrogens is 3. The fourth-order valence-corrected chi connectivity index (χ4v) is 4.28. The highest BCUT2D eigenvalue weighted by Crippen LogP contribution is 2.39. The number of thiophene rings is 1. The minimum absolute atomic E-state index is 0.329. The standard InChI is InChI=1S/C25H19N3O3S/c1-2-30-25(29)16-12-20-22(26-14-16)13-21-23(27-28-24(20)21)17-11-19(32-15-17)9-6-10-31-18-7-4-3-5-8-18/h3-5,7-8,11-15,27-28H,2,10H2,1H3. The maximum absolute atomic E-state index is 12.1. The lowest BCUT2D eigenvalue weighted by Crippen LogP contribution is -2.04. The quantitative estimate of drug-likeness (QED) is 0.285. The van der Waals surface area contributed by atoms with E-state index in [1.54, 1.807) is 24.5 Å². The van der Waals surface area contributed by atoms with Gasteiger partial charge in [-0.25, -0.2) is 4.79 Å². The van der Waals surface area contributed by atoms with Crippen LogP contribution in [0.2, 0.25) is 0 Å². The van der Waals surface area contributed by atoms with Crippen molar-refractivity contribution in [2.24, 2.45) is 0 Å². The van der Waals surface area contributed by atoms with E-state index in [1.165, 1.54) is 0 Å². The lowest BCUT2D eigenvalue weighted by Gasteiger charge is -2.01. The van der Waals surface area contributed by atoms with E-state index in [0.717, 1.165) is 44.0 Å². The summed E-state index contributed by atoms with van der Waals surface area (Å²) < 4.78 is 10.7. The first-order valence-corrected chi connectivity index (χ1v) is 11.0. The van der Waals surface area contributed by atoms with Crippen LogP contribution < -0.4 is 4.74 Å². The number of aromatic amines is 2. The van der Waals surface area contributed by atoms with Crippen LogP contribution in [0.3, 0.4) is 0 Å². The smallest absolute Gasteiger partial charge is 0.339 e. The molecule has 0 unspecified atom stereocenters. The first-order valence-electron chi connectivity index (χ1n) is 10.1. The number of rotatable bonds is 5. The van der Waals surface area contributed by atoms with E-state index in [1.807, 2.05) is 42.5 Å². The highest BCUT2D eigenvalue weighted by Gasteiger charge is 2.20. The maximum Gasteiger partial charge on any atom is 0.339 e. The molecule has 5 rings (SSSR count). The Balaban J connectivity index is 1.36. The predicted octanol–water partition coefficient (Wildman–Crippen LogP) is 5.33. The van der Waals surface area contributed by atoms with Gasteiger partial charge in [-0.2, -0.15) is 0 Å². The second-order valence-electron chi connectivity index (χ2n) is 7.04. The van der Waals surface area contributed by atoms with Crippen LogP contribution in [0.25, 0.3) is 33.4 Å². The molecular weight excluding hydrogens is 422 g/mol. The van der Waals surface area contributed by atoms with Crippen molar-refractivity contribution >= 4 is 28.2 Å². The van der Waals surface area contributed by atoms with Gasteiger partial charge >= 0.3 is 5.97 Å². The monoisotopic (exact) mass is 441 g/mol. The van der Waals surface area contributed by atoms with Crippen molar-refractivity contribution in [2.75, 3.05) is 13.2 Å². The van der Waals surface area contributed by atoms with Crippen molar-refractivity contribution in [1.82, 2.24) is 15.2 Å². The second kappa shape index (κ2) is 8.61. The molecule has 6 nitrogen and oxygen atoms in total. The van der Waals surface area contributed by atoms with E-state index >= 15 is 0 Å². The molecule has 1 aliphatic heterocycles. The van der Waals surface area contributed by atoms with Gasteiger partial charge in [0.1, 0.15) is 12.4 Å². The average Bonchev–Trinajstić information content (AvgIpc) is 3.52. The second-order valence-corrected chi connectivity index (χ2v) is 7.95. The van der Waals surface area contributed by atoms with E-state index in [2.05, 4.69) is 38.5 Å². The van der Waals surface area contributed by atoms with Gasteiger partial charge in [-0.15, -0.1) is 11.3 Å². The molecule has 7 heteroatoms. The summed E-state index contributed by atoms with van der Waals surface area (Å²) in [4.78, 5) is 17.5. The Morgan fingerprint density at radius 3 is 2.81 bits per heavy atom. The van der Waals surface area contributed by atoms with Gasteiger partial charge in [0.25, 0.3) is 0 Å². The molecule has 0 atom stereocenters. The van der Waals surface area contributed by atoms with Gasteiger partial charge < -0.3 is 9.47 Å². The summed E-state index contributed by atoms with van der Waals surface area (Å²) in [6.07, 6.45) is 1.55. The van der Waals surface area contributed by atoms with Gasteiger partial charge in [-0.05, 0) is 37.3 Å². The number of pyridine rings is 1. The van der Waals surface area contributed by atoms with Crippen molar-refractivity contribution in [2.45, 2.75) is 6.92 Å². The normalized spacial score (nSPS) is 10.8. The number of nitrogens with one attached hydrogen (secondary N) is 2. The highest BCUT2D eigenvalue weighted by molar-refractivity contribution is 7.11. The summed E-state index contributed by atoms with van der Waals surface area (Å²) in [5.41, 5.74) is 5.18. The number of fused-ring (bicyclic) bond motifs is 3. The first-order chi connectivity index (χ1) is 15.7. The number of ether oxygens (including phenoxy) is 2. The molecule has 158 valence electrons. The zero-order valence-electron chi connectivity index (χ0n) is 17.3. The summed E-state index contributed by atoms with van der Waals surface area (Å²) in [7, 11) is 0. The van der Waals surface area contributed by atoms with Crippen LogP contribution in [-0.2, 0) is 4.74 Å². The molecule has 0 saturated carbocycles. The van der Waals surface area contributed by atoms with Gasteiger partial charge in [0.05, 0.1) is 34.0 Å². The molecule has 2 N–H and O–H groups in total. The van der Waals surface area contributed by atoms with Crippen LogP contribution in [0, 0.1) is 11.8 Å². The Morgan fingerprint density at radius 2 is 1.97 bits per heavy atom. The molecule has 3 aromatic rings. The topological polar surface area (TPSA) is 80.0 Å². The zero-order valence-corrected chi connectivity index (χ0v) is 18.1. The lowest BCUT2D eigenvalue weighted by molar-refractivity contribution is 0.0526. The third-order valence-electron chi connectivity index (χ3n) is 4.99. The van der Waals surface area contributed by atoms with E-state index in [4.69, 9.17) is 9.47 Å². The Hall–Kier alpha value is -4.02. The minimum Gasteiger partial charge on any atom is -0.481 e. The van der Waals surface area contributed by atoms with Crippen LogP contribution in [0.4, 0.5) is 0 Å². The molecule has 3 heterocycles. The van der Waals surface area contributed by atoms with Crippen LogP contribution in [0.5, 0.6) is 5.75 Å². The third kappa shape index (κ3) is 3.84. The number of H-pyrrole nitrogens is 2. The summed E-state index contributed by atoms with van der Waals surface area (Å²) in [6.45, 7) is 2.45. The van der Waals surface area contributed by atoms with Crippen molar-refractivity contribution in [3.8, 4) is 40.1 Å². The average molecular weight is 442 g/mol. The molecule has 2 aliphatic rings. The number of carbonyl (C=O) groups is 1. The first kappa shape index (κ1) is 19.9. The SMILES string of the molecule is CCOC(=O)c1cnc2cc3c(-c4csc(C#CCOc5ccccc5)c4)[nH][nH]c-3c2c1. The van der Waals surface area contributed by atoms with Crippen LogP contribution in [0.1, 0.15) is 22.2 Å². The molecule has 0 spiro atoms. The largest absolute Gasteiger partial charge is 0.481 e. The fraction of sp³-hybridized carbons (Fsp3) is 0.120. The molecule has 0 saturated heterocycles. The number of hydrogen-bond acceptors (Lipinski definition) is 5. The Bertz CT molecular complexity index is 1420. The summed E-state index contributed by atoms with van der Waals surface area (Å²) in [6, 6.07) is 15.5. The van der Waals surface area contributed by atoms with Crippen LogP contribution in [-0.4, -0.2) is 34.4 Å². The molecule has 1 aromatic carbocycles. The summed E-state index contributed by atoms with van der Waals surface area (Å²) in [5.74, 6) is 6.66. The van der Waals surface area contributed by atoms with Crippen molar-refractivity contribution in [1.29, 1.82) is 0 Å². The molecule has 0 radical (unpaired) electrons. The number of carbonyl (C=O) groups excluding carboxylic acids is 1. The van der Waals surface area contributed by atoms with E-state index in [0.29, 0.717) is 18.8 Å². The summed E-state index contributed by atoms with van der Waals surface area (Å²) >= 11 is 1.58. The predicted molar refractivity (Wildman–Crippen MR) is 125 cm³/mol. The number of para-hydroxylation sites is 1. The molecule has 1 aliphatic carbocycles. The van der Waals surface area contributed by atoms with Gasteiger partial charge in [-0.1, -0.05) is 30.0 Å². The molecule has 2 aromatic heterocycles. The zero-order chi connectivity index (χ0) is 21.9. The van der Waals surface area contributed by atoms with Crippen molar-refractivity contribution < 1.29 is 14.3 Å². The van der Waals surface area contributed by atoms with Crippen LogP contribution >= 0.6 is 11.3 Å². The highest BCUT2D eigenvalue weighted by atomic mass is 32.1. The number of hydrogen-bond donors (Lipinski definition) is 2. The molecular formula is C25H19N3O3S. The van der Waals surface area contributed by atoms with Gasteiger partial charge in [0.2, 0.25) is 0 Å². The van der Waals surface area contributed by atoms with Crippen molar-refractivity contribution in [3.05, 3.63) is 70.5 Å². The summed E-state index contributed by atoms with van der Waals surface area (Å²) in [5, 5.41) is 9.40. The third-order valence-corrected chi connectivity index (χ3v) is 5.83. The van der Waals surface area contributed by atoms with E-state index < -0.39 is 0 Å². The van der Waals surface area contributed by atoms with Crippen molar-refractivity contribution in [3.63, 3.8) is 0 Å². The molecule has 0 fully saturated rings. The fourth-order valence-electron chi connectivity index (χ4n) is 3.51. The van der Waals surface area contributed by atoms with Gasteiger partial charge in [0, 0.05) is 28.1 Å². The number of esters is 1. The number of benzene rings is 1. The van der Waals surface area contributed by atoms with Gasteiger partial charge in [-0.3, -0.25) is 15.2 Å². The Labute approximate surface area is 188 Å². The lowest BCUT2D eigenvalue weighted by atomic mass is 10.1. The van der Waals surface area contributed by atoms with E-state index in [9.17, 15) is 4.79 Å². The van der Waals surface area contributed by atoms with Crippen LogP contribution in [0.15, 0.2) is 60.1 Å². The van der Waals surface area contributed by atoms with E-state index in [-0.39, 0.29) is 5.97 Å². The van der Waals surface area contributed by atoms with Gasteiger partial charge in [0.15, 0.2) is 0 Å². The molecule has 0 bridgehead atoms. The Morgan fingerprint density at radius 1 is 1.12 bits per heavy atom. The Kier molecular flexibility index (Phi) is 5.36.